The minimum absolute atomic E-state index is 0.486. The van der Waals surface area contributed by atoms with E-state index in [2.05, 4.69) is 19.2 Å². The summed E-state index contributed by atoms with van der Waals surface area (Å²) in [4.78, 5) is 0. The van der Waals surface area contributed by atoms with Gasteiger partial charge in [-0.1, -0.05) is 31.4 Å². The van der Waals surface area contributed by atoms with Crippen molar-refractivity contribution >= 4 is 23.0 Å². The molecule has 0 aliphatic heterocycles. The van der Waals surface area contributed by atoms with Crippen LogP contribution in [0, 0.1) is 12.3 Å². The fraction of sp³-hybridized carbons (Fsp3) is 0.600. The first kappa shape index (κ1) is 13.5. The van der Waals surface area contributed by atoms with Gasteiger partial charge in [0.05, 0.1) is 10.7 Å². The first-order chi connectivity index (χ1) is 8.56. The molecule has 1 aliphatic rings. The van der Waals surface area contributed by atoms with E-state index in [0.29, 0.717) is 16.1 Å². The highest BCUT2D eigenvalue weighted by atomic mass is 35.5. The van der Waals surface area contributed by atoms with Crippen molar-refractivity contribution in [3.8, 4) is 0 Å². The van der Waals surface area contributed by atoms with Gasteiger partial charge in [-0.2, -0.15) is 0 Å². The number of nitrogens with one attached hydrogen (secondary N) is 1. The molecule has 0 radical (unpaired) electrons. The monoisotopic (exact) mass is 266 g/mol. The molecule has 18 heavy (non-hydrogen) atoms. The molecule has 1 aromatic rings. The van der Waals surface area contributed by atoms with Crippen LogP contribution in [0.1, 0.15) is 44.6 Å². The zero-order chi connectivity index (χ0) is 13.2. The Labute approximate surface area is 115 Å². The Morgan fingerprint density at radius 1 is 1.33 bits per heavy atom. The van der Waals surface area contributed by atoms with E-state index in [1.807, 2.05) is 12.1 Å². The van der Waals surface area contributed by atoms with Gasteiger partial charge in [-0.25, -0.2) is 0 Å². The maximum absolute atomic E-state index is 6.08. The molecular formula is C15H23ClN2. The summed E-state index contributed by atoms with van der Waals surface area (Å²) in [6.45, 7) is 5.42. The Hall–Kier alpha value is -0.890. The van der Waals surface area contributed by atoms with E-state index in [9.17, 15) is 0 Å². The summed E-state index contributed by atoms with van der Waals surface area (Å²) in [6, 6.07) is 3.89. The number of halogens is 1. The molecule has 3 heteroatoms. The summed E-state index contributed by atoms with van der Waals surface area (Å²) >= 11 is 6.08. The van der Waals surface area contributed by atoms with Gasteiger partial charge >= 0.3 is 0 Å². The maximum atomic E-state index is 6.08. The highest BCUT2D eigenvalue weighted by Gasteiger charge is 2.31. The summed E-state index contributed by atoms with van der Waals surface area (Å²) in [5, 5.41) is 4.21. The van der Waals surface area contributed by atoms with Crippen molar-refractivity contribution in [3.63, 3.8) is 0 Å². The van der Waals surface area contributed by atoms with Gasteiger partial charge in [0, 0.05) is 12.2 Å². The van der Waals surface area contributed by atoms with Crippen LogP contribution in [0.5, 0.6) is 0 Å². The molecule has 0 heterocycles. The van der Waals surface area contributed by atoms with E-state index in [1.54, 1.807) is 0 Å². The van der Waals surface area contributed by atoms with Gasteiger partial charge in [-0.3, -0.25) is 0 Å². The van der Waals surface area contributed by atoms with Crippen molar-refractivity contribution in [2.45, 2.75) is 46.0 Å². The zero-order valence-corrected chi connectivity index (χ0v) is 12.1. The first-order valence-electron chi connectivity index (χ1n) is 6.86. The van der Waals surface area contributed by atoms with E-state index >= 15 is 0 Å². The van der Waals surface area contributed by atoms with E-state index in [4.69, 9.17) is 17.3 Å². The lowest BCUT2D eigenvalue weighted by Gasteiger charge is -2.28. The van der Waals surface area contributed by atoms with Crippen molar-refractivity contribution in [1.29, 1.82) is 0 Å². The minimum atomic E-state index is 0.486. The first-order valence-corrected chi connectivity index (χ1v) is 7.24. The summed E-state index contributed by atoms with van der Waals surface area (Å²) < 4.78 is 0. The number of anilines is 2. The van der Waals surface area contributed by atoms with Crippen molar-refractivity contribution in [2.75, 3.05) is 17.6 Å². The van der Waals surface area contributed by atoms with E-state index in [-0.39, 0.29) is 0 Å². The van der Waals surface area contributed by atoms with Gasteiger partial charge < -0.3 is 11.1 Å². The Bertz CT molecular complexity index is 423. The Balaban J connectivity index is 2.08. The molecule has 1 aromatic carbocycles. The van der Waals surface area contributed by atoms with Gasteiger partial charge in [0.1, 0.15) is 0 Å². The van der Waals surface area contributed by atoms with Crippen LogP contribution in [0.3, 0.4) is 0 Å². The predicted molar refractivity (Wildman–Crippen MR) is 80.3 cm³/mol. The minimum Gasteiger partial charge on any atom is -0.398 e. The van der Waals surface area contributed by atoms with E-state index < -0.39 is 0 Å². The lowest BCUT2D eigenvalue weighted by molar-refractivity contribution is 0.307. The van der Waals surface area contributed by atoms with Crippen LogP contribution in [-0.4, -0.2) is 6.54 Å². The smallest absolute Gasteiger partial charge is 0.0656 e. The van der Waals surface area contributed by atoms with Gasteiger partial charge in [0.2, 0.25) is 0 Å². The number of nitrogens with two attached hydrogens (primary N) is 1. The van der Waals surface area contributed by atoms with Crippen LogP contribution in [0.15, 0.2) is 12.1 Å². The Morgan fingerprint density at radius 2 is 2.00 bits per heavy atom. The number of aryl methyl sites for hydroxylation is 1. The summed E-state index contributed by atoms with van der Waals surface area (Å²) in [6.07, 6.45) is 6.69. The third-order valence-corrected chi connectivity index (χ3v) is 4.74. The summed E-state index contributed by atoms with van der Waals surface area (Å²) in [7, 11) is 0. The van der Waals surface area contributed by atoms with Crippen molar-refractivity contribution < 1.29 is 0 Å². The van der Waals surface area contributed by atoms with E-state index in [1.165, 1.54) is 37.7 Å². The second-order valence-corrected chi connectivity index (χ2v) is 6.01. The molecule has 2 nitrogen and oxygen atoms in total. The Morgan fingerprint density at radius 3 is 2.61 bits per heavy atom. The fourth-order valence-electron chi connectivity index (χ4n) is 2.96. The molecule has 3 N–H and O–H groups in total. The van der Waals surface area contributed by atoms with Gasteiger partial charge in [0.15, 0.2) is 0 Å². The number of benzene rings is 1. The lowest BCUT2D eigenvalue weighted by atomic mass is 9.83. The Kier molecular flexibility index (Phi) is 4.06. The summed E-state index contributed by atoms with van der Waals surface area (Å²) in [5.41, 5.74) is 9.23. The van der Waals surface area contributed by atoms with Gasteiger partial charge in [-0.15, -0.1) is 0 Å². The third kappa shape index (κ3) is 2.74. The number of hydrogen-bond donors (Lipinski definition) is 2. The van der Waals surface area contributed by atoms with Crippen LogP contribution in [0.25, 0.3) is 0 Å². The molecule has 0 saturated heterocycles. The molecule has 1 fully saturated rings. The molecule has 0 spiro atoms. The zero-order valence-electron chi connectivity index (χ0n) is 11.4. The molecule has 1 aliphatic carbocycles. The highest BCUT2D eigenvalue weighted by Crippen LogP contribution is 2.41. The number of rotatable bonds is 4. The molecule has 1 saturated carbocycles. The normalized spacial score (nSPS) is 17.9. The third-order valence-electron chi connectivity index (χ3n) is 4.41. The second-order valence-electron chi connectivity index (χ2n) is 5.60. The molecule has 0 aromatic heterocycles. The second kappa shape index (κ2) is 5.40. The molecular weight excluding hydrogens is 244 g/mol. The van der Waals surface area contributed by atoms with Crippen LogP contribution in [0.4, 0.5) is 11.4 Å². The van der Waals surface area contributed by atoms with Crippen LogP contribution >= 0.6 is 11.6 Å². The molecule has 0 amide bonds. The predicted octanol–water partition coefficient (Wildman–Crippen LogP) is 4.61. The maximum Gasteiger partial charge on any atom is 0.0656 e. The standard InChI is InChI=1S/C15H23ClN2/c1-3-15(6-4-5-7-15)10-18-14-9-12(16)13(17)8-11(14)2/h8-9,18H,3-7,10,17H2,1-2H3. The van der Waals surface area contributed by atoms with Gasteiger partial charge in [-0.05, 0) is 49.3 Å². The molecule has 100 valence electrons. The van der Waals surface area contributed by atoms with Crippen LogP contribution in [-0.2, 0) is 0 Å². The molecule has 0 atom stereocenters. The van der Waals surface area contributed by atoms with Gasteiger partial charge in [0.25, 0.3) is 0 Å². The summed E-state index contributed by atoms with van der Waals surface area (Å²) in [5.74, 6) is 0. The highest BCUT2D eigenvalue weighted by molar-refractivity contribution is 6.33. The largest absolute Gasteiger partial charge is 0.398 e. The van der Waals surface area contributed by atoms with Crippen LogP contribution in [0.2, 0.25) is 5.02 Å². The van der Waals surface area contributed by atoms with Crippen LogP contribution < -0.4 is 11.1 Å². The molecule has 0 bridgehead atoms. The van der Waals surface area contributed by atoms with Crippen molar-refractivity contribution in [1.82, 2.24) is 0 Å². The molecule has 2 rings (SSSR count). The lowest BCUT2D eigenvalue weighted by Crippen LogP contribution is -2.26. The van der Waals surface area contributed by atoms with Crippen molar-refractivity contribution in [3.05, 3.63) is 22.7 Å². The number of hydrogen-bond acceptors (Lipinski definition) is 2. The average Bonchev–Trinajstić information content (AvgIpc) is 2.82. The molecule has 0 unspecified atom stereocenters. The number of nitrogen functional groups attached to an aromatic ring is 1. The topological polar surface area (TPSA) is 38.0 Å². The fourth-order valence-corrected chi connectivity index (χ4v) is 3.12. The van der Waals surface area contributed by atoms with E-state index in [0.717, 1.165) is 12.2 Å². The quantitative estimate of drug-likeness (QED) is 0.781. The average molecular weight is 267 g/mol. The van der Waals surface area contributed by atoms with Crippen molar-refractivity contribution in [2.24, 2.45) is 5.41 Å². The SMILES string of the molecule is CCC1(CNc2cc(Cl)c(N)cc2C)CCCC1.